The molecule has 0 radical (unpaired) electrons. The van der Waals surface area contributed by atoms with E-state index in [1.807, 2.05) is 6.07 Å². The first-order valence-corrected chi connectivity index (χ1v) is 14.4. The maximum atomic E-state index is 12.6. The van der Waals surface area contributed by atoms with Crippen LogP contribution in [0, 0.1) is 0 Å². The summed E-state index contributed by atoms with van der Waals surface area (Å²) in [5, 5.41) is 14.9. The summed E-state index contributed by atoms with van der Waals surface area (Å²) in [7, 11) is 4.18. The van der Waals surface area contributed by atoms with Gasteiger partial charge in [-0.05, 0) is 72.9 Å². The first-order valence-electron chi connectivity index (χ1n) is 14.4. The Bertz CT molecular complexity index is 1520. The Labute approximate surface area is 267 Å². The highest BCUT2D eigenvalue weighted by atomic mass is 16.6. The molecule has 12 nitrogen and oxygen atoms in total. The highest BCUT2D eigenvalue weighted by Gasteiger charge is 2.27. The van der Waals surface area contributed by atoms with Gasteiger partial charge in [-0.1, -0.05) is 42.5 Å². The van der Waals surface area contributed by atoms with Gasteiger partial charge in [0, 0.05) is 12.8 Å². The lowest BCUT2D eigenvalue weighted by Crippen LogP contribution is -2.45. The fourth-order valence-electron chi connectivity index (χ4n) is 4.57. The number of amides is 2. The molecule has 46 heavy (non-hydrogen) atoms. The van der Waals surface area contributed by atoms with Gasteiger partial charge in [0.05, 0.1) is 21.3 Å². The van der Waals surface area contributed by atoms with Crippen LogP contribution in [0.4, 0.5) is 9.59 Å². The topological polar surface area (TPSA) is 159 Å². The van der Waals surface area contributed by atoms with Crippen molar-refractivity contribution in [2.45, 2.75) is 57.9 Å². The standard InChI is InChI=1S/C34H40N2O10/c1-34(2,3)46-33(41)36-27(31(39)44-6)19-25-17-23(13-15-29(25)43-5)22-12-14-28(42-4)24(16-22)18-26(30(37)38)35-32(40)45-20-21-10-8-7-9-11-21/h7-17,26-27H,18-20H2,1-6H3,(H,35,40)(H,36,41)(H,37,38)/t26-,27-/m0/s1. The lowest BCUT2D eigenvalue weighted by atomic mass is 9.95. The minimum atomic E-state index is -1.31. The summed E-state index contributed by atoms with van der Waals surface area (Å²) < 4.78 is 26.5. The lowest BCUT2D eigenvalue weighted by Gasteiger charge is -2.23. The fraction of sp³-hybridized carbons (Fsp3) is 0.353. The molecule has 0 aromatic heterocycles. The van der Waals surface area contributed by atoms with Gasteiger partial charge in [-0.25, -0.2) is 19.2 Å². The largest absolute Gasteiger partial charge is 0.496 e. The van der Waals surface area contributed by atoms with E-state index in [-0.39, 0.29) is 19.4 Å². The Morgan fingerprint density at radius 2 is 1.26 bits per heavy atom. The summed E-state index contributed by atoms with van der Waals surface area (Å²) in [6.07, 6.45) is -1.71. The molecule has 0 aliphatic rings. The summed E-state index contributed by atoms with van der Waals surface area (Å²) >= 11 is 0. The number of methoxy groups -OCH3 is 3. The molecule has 2 amide bonds. The third kappa shape index (κ3) is 10.4. The van der Waals surface area contributed by atoms with E-state index >= 15 is 0 Å². The predicted octanol–water partition coefficient (Wildman–Crippen LogP) is 4.90. The van der Waals surface area contributed by atoms with Gasteiger partial charge in [-0.3, -0.25) is 0 Å². The van der Waals surface area contributed by atoms with Crippen molar-refractivity contribution in [1.29, 1.82) is 0 Å². The van der Waals surface area contributed by atoms with E-state index in [4.69, 9.17) is 23.7 Å². The van der Waals surface area contributed by atoms with E-state index in [0.29, 0.717) is 33.8 Å². The van der Waals surface area contributed by atoms with Crippen LogP contribution in [0.2, 0.25) is 0 Å². The molecular formula is C34H40N2O10. The summed E-state index contributed by atoms with van der Waals surface area (Å²) in [4.78, 5) is 49.6. The maximum absolute atomic E-state index is 12.6. The van der Waals surface area contributed by atoms with E-state index in [1.165, 1.54) is 21.3 Å². The molecule has 2 atom stereocenters. The second-order valence-corrected chi connectivity index (χ2v) is 11.3. The zero-order chi connectivity index (χ0) is 33.9. The van der Waals surface area contributed by atoms with Crippen molar-refractivity contribution in [2.24, 2.45) is 0 Å². The molecule has 3 aromatic carbocycles. The van der Waals surface area contributed by atoms with Crippen molar-refractivity contribution in [3.8, 4) is 22.6 Å². The fourth-order valence-corrected chi connectivity index (χ4v) is 4.57. The van der Waals surface area contributed by atoms with Gasteiger partial charge in [-0.15, -0.1) is 0 Å². The van der Waals surface area contributed by atoms with Crippen LogP contribution in [0.1, 0.15) is 37.5 Å². The third-order valence-corrected chi connectivity index (χ3v) is 6.72. The van der Waals surface area contributed by atoms with Crippen LogP contribution in [0.3, 0.4) is 0 Å². The SMILES string of the molecule is COC(=O)[C@H](Cc1cc(-c2ccc(OC)c(C[C@H](NC(=O)OCc3ccccc3)C(=O)O)c2)ccc1OC)NC(=O)OC(C)(C)C. The number of hydrogen-bond acceptors (Lipinski definition) is 9. The number of alkyl carbamates (subject to hydrolysis) is 2. The number of carboxylic acid groups (broad SMARTS) is 1. The Morgan fingerprint density at radius 1 is 0.739 bits per heavy atom. The molecule has 12 heteroatoms. The van der Waals surface area contributed by atoms with E-state index in [9.17, 15) is 24.3 Å². The Morgan fingerprint density at radius 3 is 1.74 bits per heavy atom. The van der Waals surface area contributed by atoms with Crippen molar-refractivity contribution >= 4 is 24.1 Å². The van der Waals surface area contributed by atoms with E-state index in [0.717, 1.165) is 5.56 Å². The second kappa shape index (κ2) is 16.2. The number of carbonyl (C=O) groups is 4. The monoisotopic (exact) mass is 636 g/mol. The molecule has 0 heterocycles. The van der Waals surface area contributed by atoms with Crippen LogP contribution in [-0.2, 0) is 43.2 Å². The highest BCUT2D eigenvalue weighted by Crippen LogP contribution is 2.31. The summed E-state index contributed by atoms with van der Waals surface area (Å²) in [6, 6.07) is 17.2. The smallest absolute Gasteiger partial charge is 0.408 e. The maximum Gasteiger partial charge on any atom is 0.408 e. The Hall–Kier alpha value is -5.26. The molecule has 3 aromatic rings. The van der Waals surface area contributed by atoms with Gasteiger partial charge in [0.25, 0.3) is 0 Å². The number of esters is 1. The molecule has 0 fully saturated rings. The quantitative estimate of drug-likeness (QED) is 0.174. The second-order valence-electron chi connectivity index (χ2n) is 11.3. The van der Waals surface area contributed by atoms with Gasteiger partial charge in [0.2, 0.25) is 0 Å². The number of hydrogen-bond donors (Lipinski definition) is 3. The van der Waals surface area contributed by atoms with Crippen LogP contribution in [0.25, 0.3) is 11.1 Å². The molecule has 0 bridgehead atoms. The number of aliphatic carboxylic acids is 1. The highest BCUT2D eigenvalue weighted by molar-refractivity contribution is 5.82. The van der Waals surface area contributed by atoms with Crippen LogP contribution >= 0.6 is 0 Å². The van der Waals surface area contributed by atoms with E-state index in [1.54, 1.807) is 81.4 Å². The average Bonchev–Trinajstić information content (AvgIpc) is 3.02. The molecule has 0 spiro atoms. The number of carbonyl (C=O) groups excluding carboxylic acids is 3. The van der Waals surface area contributed by atoms with Crippen molar-refractivity contribution in [2.75, 3.05) is 21.3 Å². The molecular weight excluding hydrogens is 596 g/mol. The molecule has 0 saturated carbocycles. The number of carboxylic acids is 1. The zero-order valence-corrected chi connectivity index (χ0v) is 26.7. The number of benzene rings is 3. The zero-order valence-electron chi connectivity index (χ0n) is 26.7. The van der Waals surface area contributed by atoms with Crippen LogP contribution in [0.15, 0.2) is 66.7 Å². The van der Waals surface area contributed by atoms with Crippen LogP contribution < -0.4 is 20.1 Å². The number of ether oxygens (including phenoxy) is 5. The Balaban J connectivity index is 1.85. The van der Waals surface area contributed by atoms with Gasteiger partial charge >= 0.3 is 24.1 Å². The number of rotatable bonds is 13. The van der Waals surface area contributed by atoms with Crippen LogP contribution in [-0.4, -0.2) is 68.2 Å². The average molecular weight is 637 g/mol. The van der Waals surface area contributed by atoms with Crippen LogP contribution in [0.5, 0.6) is 11.5 Å². The summed E-state index contributed by atoms with van der Waals surface area (Å²) in [6.45, 7) is 5.12. The van der Waals surface area contributed by atoms with Crippen molar-refractivity contribution in [3.05, 3.63) is 83.4 Å². The molecule has 246 valence electrons. The Kier molecular flexibility index (Phi) is 12.4. The minimum Gasteiger partial charge on any atom is -0.496 e. The summed E-state index contributed by atoms with van der Waals surface area (Å²) in [5.41, 5.74) is 2.51. The van der Waals surface area contributed by atoms with E-state index in [2.05, 4.69) is 10.6 Å². The van der Waals surface area contributed by atoms with Gasteiger partial charge in [0.1, 0.15) is 35.8 Å². The van der Waals surface area contributed by atoms with Gasteiger partial charge in [-0.2, -0.15) is 0 Å². The first kappa shape index (κ1) is 35.2. The van der Waals surface area contributed by atoms with Crippen molar-refractivity contribution in [1.82, 2.24) is 10.6 Å². The molecule has 3 N–H and O–H groups in total. The van der Waals surface area contributed by atoms with Gasteiger partial charge < -0.3 is 39.4 Å². The molecule has 0 aliphatic heterocycles. The predicted molar refractivity (Wildman–Crippen MR) is 169 cm³/mol. The van der Waals surface area contributed by atoms with Crippen molar-refractivity contribution in [3.63, 3.8) is 0 Å². The van der Waals surface area contributed by atoms with Gasteiger partial charge in [0.15, 0.2) is 0 Å². The van der Waals surface area contributed by atoms with E-state index < -0.39 is 41.8 Å². The first-order chi connectivity index (χ1) is 21.8. The summed E-state index contributed by atoms with van der Waals surface area (Å²) in [5.74, 6) is -1.02. The number of nitrogens with one attached hydrogen (secondary N) is 2. The molecule has 0 saturated heterocycles. The third-order valence-electron chi connectivity index (χ3n) is 6.72. The molecule has 3 rings (SSSR count). The lowest BCUT2D eigenvalue weighted by molar-refractivity contribution is -0.143. The normalized spacial score (nSPS) is 12.2. The molecule has 0 unspecified atom stereocenters. The minimum absolute atomic E-state index is 0.0122. The molecule has 0 aliphatic carbocycles. The van der Waals surface area contributed by atoms with Crippen molar-refractivity contribution < 1.29 is 48.0 Å².